The van der Waals surface area contributed by atoms with Gasteiger partial charge in [0.05, 0.1) is 22.1 Å². The highest BCUT2D eigenvalue weighted by Crippen LogP contribution is 2.64. The van der Waals surface area contributed by atoms with Crippen LogP contribution in [0.15, 0.2) is 57.7 Å². The molecule has 1 spiro atoms. The molecule has 1 aliphatic heterocycles. The van der Waals surface area contributed by atoms with Gasteiger partial charge in [-0.25, -0.2) is 4.79 Å². The largest absolute Gasteiger partial charge is 0.419 e. The number of epoxide rings is 1. The second-order valence-electron chi connectivity index (χ2n) is 7.33. The fraction of sp³-hybridized carbons (Fsp3) is 0.143. The Balaban J connectivity index is 1.60. The molecule has 0 bridgehead atoms. The Morgan fingerprint density at radius 2 is 1.90 bits per heavy atom. The van der Waals surface area contributed by atoms with Gasteiger partial charge in [-0.2, -0.15) is 0 Å². The predicted octanol–water partition coefficient (Wildman–Crippen LogP) is 3.36. The summed E-state index contributed by atoms with van der Waals surface area (Å²) in [6, 6.07) is 13.8. The Labute approximate surface area is 162 Å². The number of Topliss-reactive ketones (excluding diaryl/α,β-unsaturated/α-hetero) is 1. The van der Waals surface area contributed by atoms with Crippen molar-refractivity contribution in [2.75, 3.05) is 0 Å². The van der Waals surface area contributed by atoms with Crippen LogP contribution in [-0.2, 0) is 17.4 Å². The zero-order chi connectivity index (χ0) is 20.1. The molecular formula is C21H12N2O6. The van der Waals surface area contributed by atoms with Crippen LogP contribution in [0.2, 0.25) is 0 Å². The molecule has 0 amide bonds. The van der Waals surface area contributed by atoms with Gasteiger partial charge in [0.15, 0.2) is 11.2 Å². The quantitative estimate of drug-likeness (QED) is 0.296. The van der Waals surface area contributed by atoms with E-state index in [0.29, 0.717) is 11.1 Å². The summed E-state index contributed by atoms with van der Waals surface area (Å²) in [5.74, 6) is -0.822. The third-order valence-electron chi connectivity index (χ3n) is 5.92. The molecule has 142 valence electrons. The minimum absolute atomic E-state index is 0.116. The number of ether oxygens (including phenoxy) is 1. The topological polar surface area (TPSA) is 108 Å². The van der Waals surface area contributed by atoms with Gasteiger partial charge in [0.25, 0.3) is 5.69 Å². The highest BCUT2D eigenvalue weighted by atomic mass is 16.6. The van der Waals surface area contributed by atoms with Crippen LogP contribution in [0, 0.1) is 10.1 Å². The minimum atomic E-state index is -1.27. The number of benzene rings is 3. The molecule has 2 atom stereocenters. The standard InChI is InChI=1S/C21H12N2O6/c1-22-15-8-12(14(23(26)27)9-16(15)28-20(22)25)19-21(29-19)13-7-3-5-10-4-2-6-11(17(10)13)18(21)24/h2-9,19H,1H3. The van der Waals surface area contributed by atoms with Gasteiger partial charge in [-0.3, -0.25) is 19.5 Å². The predicted molar refractivity (Wildman–Crippen MR) is 102 cm³/mol. The van der Waals surface area contributed by atoms with Crippen molar-refractivity contribution in [2.45, 2.75) is 11.7 Å². The van der Waals surface area contributed by atoms with Gasteiger partial charge in [-0.1, -0.05) is 36.4 Å². The van der Waals surface area contributed by atoms with Gasteiger partial charge < -0.3 is 9.15 Å². The third-order valence-corrected chi connectivity index (χ3v) is 5.92. The van der Waals surface area contributed by atoms with Crippen molar-refractivity contribution in [1.82, 2.24) is 4.57 Å². The lowest BCUT2D eigenvalue weighted by Crippen LogP contribution is -2.17. The molecule has 6 rings (SSSR count). The van der Waals surface area contributed by atoms with Crippen molar-refractivity contribution in [3.8, 4) is 0 Å². The van der Waals surface area contributed by atoms with E-state index in [1.54, 1.807) is 6.07 Å². The van der Waals surface area contributed by atoms with Crippen LogP contribution in [0.3, 0.4) is 0 Å². The second-order valence-corrected chi connectivity index (χ2v) is 7.33. The maximum absolute atomic E-state index is 13.3. The number of aromatic nitrogens is 1. The molecule has 3 aromatic carbocycles. The average molecular weight is 388 g/mol. The minimum Gasteiger partial charge on any atom is -0.407 e. The zero-order valence-electron chi connectivity index (χ0n) is 15.0. The summed E-state index contributed by atoms with van der Waals surface area (Å²) < 4.78 is 12.3. The lowest BCUT2D eigenvalue weighted by molar-refractivity contribution is -0.385. The van der Waals surface area contributed by atoms with Crippen molar-refractivity contribution in [1.29, 1.82) is 0 Å². The number of rotatable bonds is 2. The summed E-state index contributed by atoms with van der Waals surface area (Å²) in [5.41, 5.74) is 0.524. The molecule has 0 saturated carbocycles. The summed E-state index contributed by atoms with van der Waals surface area (Å²) in [6.07, 6.45) is -0.817. The first-order valence-electron chi connectivity index (χ1n) is 8.96. The number of nitro groups is 1. The van der Waals surface area contributed by atoms with E-state index in [0.717, 1.165) is 16.3 Å². The first-order chi connectivity index (χ1) is 13.9. The van der Waals surface area contributed by atoms with E-state index >= 15 is 0 Å². The fourth-order valence-electron chi connectivity index (χ4n) is 4.52. The van der Waals surface area contributed by atoms with Crippen molar-refractivity contribution in [3.05, 3.63) is 85.9 Å². The maximum atomic E-state index is 13.3. The first-order valence-corrected chi connectivity index (χ1v) is 8.96. The Kier molecular flexibility index (Phi) is 2.78. The van der Waals surface area contributed by atoms with Gasteiger partial charge in [0.1, 0.15) is 6.10 Å². The van der Waals surface area contributed by atoms with Gasteiger partial charge in [-0.05, 0) is 16.8 Å². The smallest absolute Gasteiger partial charge is 0.407 e. The van der Waals surface area contributed by atoms with E-state index in [1.165, 1.54) is 23.7 Å². The molecule has 0 radical (unpaired) electrons. The van der Waals surface area contributed by atoms with E-state index in [2.05, 4.69) is 0 Å². The van der Waals surface area contributed by atoms with E-state index in [1.807, 2.05) is 30.3 Å². The Morgan fingerprint density at radius 3 is 2.66 bits per heavy atom. The third kappa shape index (κ3) is 1.81. The average Bonchev–Trinajstić information content (AvgIpc) is 3.34. The summed E-state index contributed by atoms with van der Waals surface area (Å²) in [4.78, 5) is 36.3. The Morgan fingerprint density at radius 1 is 1.14 bits per heavy atom. The number of carbonyl (C=O) groups is 1. The van der Waals surface area contributed by atoms with E-state index in [-0.39, 0.29) is 22.6 Å². The summed E-state index contributed by atoms with van der Waals surface area (Å²) >= 11 is 0. The van der Waals surface area contributed by atoms with Crippen LogP contribution in [0.4, 0.5) is 5.69 Å². The molecule has 29 heavy (non-hydrogen) atoms. The Hall–Kier alpha value is -3.78. The molecule has 2 aliphatic rings. The number of fused-ring (bicyclic) bond motifs is 2. The zero-order valence-corrected chi connectivity index (χ0v) is 15.0. The number of hydrogen-bond donors (Lipinski definition) is 0. The molecule has 8 nitrogen and oxygen atoms in total. The molecule has 4 aromatic rings. The molecule has 2 unspecified atom stereocenters. The van der Waals surface area contributed by atoms with Gasteiger partial charge in [-0.15, -0.1) is 0 Å². The number of carbonyl (C=O) groups excluding carboxylic acids is 1. The molecule has 1 fully saturated rings. The number of hydrogen-bond acceptors (Lipinski definition) is 6. The highest BCUT2D eigenvalue weighted by Gasteiger charge is 2.68. The normalized spacial score (nSPS) is 22.1. The van der Waals surface area contributed by atoms with Gasteiger partial charge >= 0.3 is 5.76 Å². The SMILES string of the molecule is Cn1c(=O)oc2cc([N+](=O)[O-])c(C3OC34C(=O)c3cccc5cccc4c35)cc21. The summed E-state index contributed by atoms with van der Waals surface area (Å²) in [7, 11) is 1.52. The van der Waals surface area contributed by atoms with Crippen molar-refractivity contribution in [2.24, 2.45) is 7.05 Å². The number of nitro benzene ring substituents is 1. The van der Waals surface area contributed by atoms with Crippen LogP contribution >= 0.6 is 0 Å². The van der Waals surface area contributed by atoms with Crippen LogP contribution < -0.4 is 5.76 Å². The van der Waals surface area contributed by atoms with Crippen molar-refractivity contribution >= 4 is 33.3 Å². The monoisotopic (exact) mass is 388 g/mol. The number of ketones is 1. The van der Waals surface area contributed by atoms with Crippen LogP contribution in [-0.4, -0.2) is 15.3 Å². The van der Waals surface area contributed by atoms with E-state index in [9.17, 15) is 19.7 Å². The van der Waals surface area contributed by atoms with Crippen LogP contribution in [0.1, 0.15) is 27.6 Å². The van der Waals surface area contributed by atoms with Crippen LogP contribution in [0.5, 0.6) is 0 Å². The van der Waals surface area contributed by atoms with E-state index in [4.69, 9.17) is 9.15 Å². The molecule has 1 aromatic heterocycles. The first kappa shape index (κ1) is 16.2. The molecule has 8 heteroatoms. The summed E-state index contributed by atoms with van der Waals surface area (Å²) in [5, 5.41) is 13.5. The van der Waals surface area contributed by atoms with E-state index < -0.39 is 22.4 Å². The van der Waals surface area contributed by atoms with Gasteiger partial charge in [0.2, 0.25) is 5.78 Å². The number of aryl methyl sites for hydroxylation is 1. The number of oxazole rings is 1. The Bertz CT molecular complexity index is 1470. The van der Waals surface area contributed by atoms with Crippen molar-refractivity contribution < 1.29 is 18.9 Å². The molecule has 1 aliphatic carbocycles. The molecule has 0 N–H and O–H groups in total. The van der Waals surface area contributed by atoms with Crippen molar-refractivity contribution in [3.63, 3.8) is 0 Å². The lowest BCUT2D eigenvalue weighted by atomic mass is 9.91. The molecule has 1 saturated heterocycles. The molecule has 2 heterocycles. The highest BCUT2D eigenvalue weighted by molar-refractivity contribution is 6.21. The second kappa shape index (κ2) is 4.98. The maximum Gasteiger partial charge on any atom is 0.419 e. The fourth-order valence-corrected chi connectivity index (χ4v) is 4.52. The van der Waals surface area contributed by atoms with Crippen LogP contribution in [0.25, 0.3) is 21.9 Å². The summed E-state index contributed by atoms with van der Waals surface area (Å²) in [6.45, 7) is 0. The lowest BCUT2D eigenvalue weighted by Gasteiger charge is -2.06. The molecular weight excluding hydrogens is 376 g/mol. The number of nitrogens with zero attached hydrogens (tertiary/aromatic N) is 2. The van der Waals surface area contributed by atoms with Gasteiger partial charge in [0, 0.05) is 18.2 Å².